The van der Waals surface area contributed by atoms with Crippen molar-refractivity contribution in [3.05, 3.63) is 53.3 Å². The lowest BCUT2D eigenvalue weighted by Crippen LogP contribution is -2.50. The highest BCUT2D eigenvalue weighted by atomic mass is 32.1. The molecule has 3 aromatic rings. The Hall–Kier alpha value is -2.67. The summed E-state index contributed by atoms with van der Waals surface area (Å²) >= 11 is 1.70. The molecule has 1 aliphatic heterocycles. The van der Waals surface area contributed by atoms with E-state index in [-0.39, 0.29) is 11.8 Å². The molecule has 27 heavy (non-hydrogen) atoms. The van der Waals surface area contributed by atoms with Gasteiger partial charge in [-0.3, -0.25) is 0 Å². The smallest absolute Gasteiger partial charge is 0.321 e. The molecule has 1 fully saturated rings. The summed E-state index contributed by atoms with van der Waals surface area (Å²) in [4.78, 5) is 21.3. The zero-order valence-corrected chi connectivity index (χ0v) is 16.1. The Bertz CT molecular complexity index is 978. The second kappa shape index (κ2) is 7.15. The van der Waals surface area contributed by atoms with Crippen LogP contribution in [0.3, 0.4) is 0 Å². The summed E-state index contributed by atoms with van der Waals surface area (Å²) < 4.78 is 14.2. The van der Waals surface area contributed by atoms with E-state index in [4.69, 9.17) is 4.98 Å². The van der Waals surface area contributed by atoms with E-state index in [1.807, 2.05) is 0 Å². The fourth-order valence-electron chi connectivity index (χ4n) is 3.19. The average molecular weight is 384 g/mol. The lowest BCUT2D eigenvalue weighted by Gasteiger charge is -2.34. The number of urea groups is 1. The molecule has 0 bridgehead atoms. The largest absolute Gasteiger partial charge is 0.345 e. The van der Waals surface area contributed by atoms with E-state index in [9.17, 15) is 9.18 Å². The first-order chi connectivity index (χ1) is 13.0. The molecule has 2 amide bonds. The number of fused-ring (bicyclic) bond motifs is 1. The van der Waals surface area contributed by atoms with Crippen molar-refractivity contribution in [2.45, 2.75) is 13.8 Å². The van der Waals surface area contributed by atoms with E-state index in [1.54, 1.807) is 28.4 Å². The summed E-state index contributed by atoms with van der Waals surface area (Å²) in [5.74, 6) is -0.317. The molecule has 0 atom stereocenters. The number of nitrogens with zero attached hydrogens (tertiary/aromatic N) is 3. The molecule has 0 spiro atoms. The van der Waals surface area contributed by atoms with E-state index in [0.29, 0.717) is 18.8 Å². The number of rotatable bonds is 2. The average Bonchev–Trinajstić information content (AvgIpc) is 3.12. The van der Waals surface area contributed by atoms with E-state index >= 15 is 0 Å². The molecule has 1 aliphatic rings. The number of halogens is 1. The van der Waals surface area contributed by atoms with Crippen LogP contribution >= 0.6 is 11.3 Å². The van der Waals surface area contributed by atoms with Gasteiger partial charge in [-0.15, -0.1) is 0 Å². The minimum absolute atomic E-state index is 0.156. The molecule has 7 heteroatoms. The lowest BCUT2D eigenvalue weighted by atomic mass is 10.1. The number of carbonyl (C=O) groups excluding carboxylic acids is 1. The Kier molecular flexibility index (Phi) is 4.70. The van der Waals surface area contributed by atoms with Crippen LogP contribution in [0.1, 0.15) is 11.1 Å². The third-order valence-electron chi connectivity index (χ3n) is 5.01. The third kappa shape index (κ3) is 3.60. The van der Waals surface area contributed by atoms with Crippen LogP contribution in [0.15, 0.2) is 36.4 Å². The Morgan fingerprint density at radius 2 is 1.78 bits per heavy atom. The molecule has 0 unspecified atom stereocenters. The molecule has 1 aromatic heterocycles. The molecular formula is C20H21FN4OS. The maximum atomic E-state index is 13.0. The maximum absolute atomic E-state index is 13.0. The van der Waals surface area contributed by atoms with Gasteiger partial charge in [-0.25, -0.2) is 14.2 Å². The summed E-state index contributed by atoms with van der Waals surface area (Å²) in [5, 5.41) is 3.83. The van der Waals surface area contributed by atoms with E-state index < -0.39 is 0 Å². The number of aromatic nitrogens is 1. The van der Waals surface area contributed by atoms with Crippen molar-refractivity contribution in [3.63, 3.8) is 0 Å². The summed E-state index contributed by atoms with van der Waals surface area (Å²) in [6, 6.07) is 9.92. The van der Waals surface area contributed by atoms with Crippen molar-refractivity contribution in [2.24, 2.45) is 0 Å². The monoisotopic (exact) mass is 384 g/mol. The molecule has 0 aliphatic carbocycles. The zero-order chi connectivity index (χ0) is 19.0. The number of piperazine rings is 1. The van der Waals surface area contributed by atoms with Crippen LogP contribution in [0.5, 0.6) is 0 Å². The summed E-state index contributed by atoms with van der Waals surface area (Å²) in [5.41, 5.74) is 4.15. The van der Waals surface area contributed by atoms with Crippen molar-refractivity contribution in [2.75, 3.05) is 36.4 Å². The van der Waals surface area contributed by atoms with Gasteiger partial charge in [0.05, 0.1) is 10.2 Å². The standard InChI is InChI=1S/C20H21FN4OS/c1-13-3-8-17-18(14(13)2)23-20(27-17)25-11-9-24(10-12-25)19(26)22-16-6-4-15(21)5-7-16/h3-8H,9-12H2,1-2H3,(H,22,26). The Balaban J connectivity index is 1.40. The van der Waals surface area contributed by atoms with Crippen LogP contribution < -0.4 is 10.2 Å². The van der Waals surface area contributed by atoms with Gasteiger partial charge in [0, 0.05) is 31.9 Å². The number of hydrogen-bond acceptors (Lipinski definition) is 4. The van der Waals surface area contributed by atoms with Crippen molar-refractivity contribution in [1.29, 1.82) is 0 Å². The number of aryl methyl sites for hydroxylation is 2. The second-order valence-corrected chi connectivity index (χ2v) is 7.77. The molecule has 2 heterocycles. The second-order valence-electron chi connectivity index (χ2n) is 6.76. The van der Waals surface area contributed by atoms with Gasteiger partial charge in [-0.05, 0) is 55.3 Å². The number of thiazole rings is 1. The third-order valence-corrected chi connectivity index (χ3v) is 6.09. The molecule has 0 radical (unpaired) electrons. The minimum Gasteiger partial charge on any atom is -0.345 e. The lowest BCUT2D eigenvalue weighted by molar-refractivity contribution is 0.208. The fourth-order valence-corrected chi connectivity index (χ4v) is 4.26. The molecule has 140 valence electrons. The molecule has 5 nitrogen and oxygen atoms in total. The normalized spacial score (nSPS) is 14.6. The highest BCUT2D eigenvalue weighted by molar-refractivity contribution is 7.22. The molecule has 0 saturated carbocycles. The summed E-state index contributed by atoms with van der Waals surface area (Å²) in [6.07, 6.45) is 0. The first kappa shape index (κ1) is 17.7. The van der Waals surface area contributed by atoms with Gasteiger partial charge in [0.15, 0.2) is 5.13 Å². The summed E-state index contributed by atoms with van der Waals surface area (Å²) in [7, 11) is 0. The highest BCUT2D eigenvalue weighted by Gasteiger charge is 2.23. The van der Waals surface area contributed by atoms with Gasteiger partial charge in [0.1, 0.15) is 5.82 Å². The number of benzene rings is 2. The van der Waals surface area contributed by atoms with Gasteiger partial charge in [0.25, 0.3) is 0 Å². The van der Waals surface area contributed by atoms with Gasteiger partial charge in [-0.2, -0.15) is 0 Å². The number of amides is 2. The SMILES string of the molecule is Cc1ccc2sc(N3CCN(C(=O)Nc4ccc(F)cc4)CC3)nc2c1C. The summed E-state index contributed by atoms with van der Waals surface area (Å²) in [6.45, 7) is 6.95. The first-order valence-electron chi connectivity index (χ1n) is 8.94. The van der Waals surface area contributed by atoms with Crippen LogP contribution in [-0.4, -0.2) is 42.1 Å². The Morgan fingerprint density at radius 1 is 1.07 bits per heavy atom. The Labute approximate surface area is 161 Å². The fraction of sp³-hybridized carbons (Fsp3) is 0.300. The van der Waals surface area contributed by atoms with E-state index in [2.05, 4.69) is 36.2 Å². The minimum atomic E-state index is -0.317. The quantitative estimate of drug-likeness (QED) is 0.712. The molecule has 1 saturated heterocycles. The Morgan fingerprint density at radius 3 is 2.48 bits per heavy atom. The van der Waals surface area contributed by atoms with Crippen molar-refractivity contribution >= 4 is 38.4 Å². The molecular weight excluding hydrogens is 363 g/mol. The number of hydrogen-bond donors (Lipinski definition) is 1. The van der Waals surface area contributed by atoms with Gasteiger partial charge >= 0.3 is 6.03 Å². The predicted octanol–water partition coefficient (Wildman–Crippen LogP) is 4.41. The molecule has 2 aromatic carbocycles. The topological polar surface area (TPSA) is 48.5 Å². The molecule has 4 rings (SSSR count). The van der Waals surface area contributed by atoms with Crippen LogP contribution in [0.4, 0.5) is 20.0 Å². The number of carbonyl (C=O) groups is 1. The van der Waals surface area contributed by atoms with E-state index in [0.717, 1.165) is 23.7 Å². The van der Waals surface area contributed by atoms with Gasteiger partial charge in [0.2, 0.25) is 0 Å². The highest BCUT2D eigenvalue weighted by Crippen LogP contribution is 2.32. The zero-order valence-electron chi connectivity index (χ0n) is 15.3. The van der Waals surface area contributed by atoms with Crippen LogP contribution in [0, 0.1) is 19.7 Å². The van der Waals surface area contributed by atoms with Gasteiger partial charge in [-0.1, -0.05) is 17.4 Å². The van der Waals surface area contributed by atoms with Crippen molar-refractivity contribution in [1.82, 2.24) is 9.88 Å². The van der Waals surface area contributed by atoms with Crippen molar-refractivity contribution in [3.8, 4) is 0 Å². The maximum Gasteiger partial charge on any atom is 0.321 e. The predicted molar refractivity (Wildman–Crippen MR) is 108 cm³/mol. The van der Waals surface area contributed by atoms with Crippen LogP contribution in [0.2, 0.25) is 0 Å². The van der Waals surface area contributed by atoms with Gasteiger partial charge < -0.3 is 15.1 Å². The van der Waals surface area contributed by atoms with Crippen molar-refractivity contribution < 1.29 is 9.18 Å². The van der Waals surface area contributed by atoms with Crippen LogP contribution in [0.25, 0.3) is 10.2 Å². The van der Waals surface area contributed by atoms with Crippen LogP contribution in [-0.2, 0) is 0 Å². The number of nitrogens with one attached hydrogen (secondary N) is 1. The van der Waals surface area contributed by atoms with E-state index in [1.165, 1.54) is 28.0 Å². The first-order valence-corrected chi connectivity index (χ1v) is 9.76. The number of anilines is 2. The molecule has 1 N–H and O–H groups in total.